The summed E-state index contributed by atoms with van der Waals surface area (Å²) in [5.74, 6) is -0.187. The molecule has 1 aliphatic rings. The van der Waals surface area contributed by atoms with Crippen molar-refractivity contribution in [2.24, 2.45) is 0 Å². The van der Waals surface area contributed by atoms with Crippen LogP contribution in [0.1, 0.15) is 21.5 Å². The number of benzene rings is 2. The van der Waals surface area contributed by atoms with E-state index in [0.29, 0.717) is 34.7 Å². The van der Waals surface area contributed by atoms with Gasteiger partial charge >= 0.3 is 6.03 Å². The molecule has 10 nitrogen and oxygen atoms in total. The Morgan fingerprint density at radius 2 is 2.00 bits per heavy atom. The van der Waals surface area contributed by atoms with Crippen LogP contribution in [-0.4, -0.2) is 58.8 Å². The fourth-order valence-corrected chi connectivity index (χ4v) is 4.09. The first-order chi connectivity index (χ1) is 18.9. The quantitative estimate of drug-likeness (QED) is 0.366. The summed E-state index contributed by atoms with van der Waals surface area (Å²) in [5, 5.41) is 6.73. The molecule has 0 saturated heterocycles. The van der Waals surface area contributed by atoms with Crippen molar-refractivity contribution in [3.63, 3.8) is 0 Å². The van der Waals surface area contributed by atoms with Crippen LogP contribution in [0.4, 0.5) is 14.9 Å². The number of carbonyl (C=O) groups is 3. The number of likely N-dealkylation sites (N-methyl/N-ethyl adjacent to an activating group) is 1. The molecule has 1 atom stereocenters. The fraction of sp³-hybridized carbons (Fsp3) is 0.179. The third kappa shape index (κ3) is 5.93. The zero-order chi connectivity index (χ0) is 27.4. The van der Waals surface area contributed by atoms with E-state index < -0.39 is 18.0 Å². The van der Waals surface area contributed by atoms with Gasteiger partial charge in [0.15, 0.2) is 6.61 Å². The number of amides is 2. The molecular formula is C28H24FN5O5. The zero-order valence-corrected chi connectivity index (χ0v) is 20.9. The Hall–Kier alpha value is -5.06. The van der Waals surface area contributed by atoms with Crippen molar-refractivity contribution in [1.82, 2.24) is 20.1 Å². The predicted octanol–water partition coefficient (Wildman–Crippen LogP) is 3.25. The van der Waals surface area contributed by atoms with Crippen LogP contribution in [-0.2, 0) is 11.2 Å². The summed E-state index contributed by atoms with van der Waals surface area (Å²) in [5.41, 5.74) is 2.31. The van der Waals surface area contributed by atoms with Crippen molar-refractivity contribution in [3.8, 4) is 11.5 Å². The summed E-state index contributed by atoms with van der Waals surface area (Å²) >= 11 is 0. The maximum atomic E-state index is 13.5. The largest absolute Gasteiger partial charge is 0.489 e. The zero-order valence-electron chi connectivity index (χ0n) is 20.9. The third-order valence-corrected chi connectivity index (χ3v) is 6.12. The van der Waals surface area contributed by atoms with E-state index in [0.717, 1.165) is 10.2 Å². The normalized spacial score (nSPS) is 14.7. The Labute approximate surface area is 223 Å². The summed E-state index contributed by atoms with van der Waals surface area (Å²) in [7, 11) is 1.56. The van der Waals surface area contributed by atoms with Crippen LogP contribution in [0.25, 0.3) is 0 Å². The average Bonchev–Trinajstić information content (AvgIpc) is 3.38. The molecule has 2 aromatic heterocycles. The molecule has 1 N–H and O–H groups in total. The molecule has 4 aromatic rings. The Kier molecular flexibility index (Phi) is 7.30. The molecule has 1 aliphatic heterocycles. The SMILES string of the molecule is CN1C(=O)[C@@H](NC(=O)n2cc(Cc3cccc(F)c3)cn2)COc2ccc(OCC(=O)c3cccnc3)cc21. The molecule has 2 aromatic carbocycles. The van der Waals surface area contributed by atoms with E-state index in [1.807, 2.05) is 0 Å². The number of rotatable bonds is 7. The first-order valence-electron chi connectivity index (χ1n) is 12.1. The molecule has 39 heavy (non-hydrogen) atoms. The van der Waals surface area contributed by atoms with Crippen LogP contribution in [0.15, 0.2) is 79.4 Å². The van der Waals surface area contributed by atoms with E-state index in [-0.39, 0.29) is 24.8 Å². The molecule has 198 valence electrons. The van der Waals surface area contributed by atoms with Gasteiger partial charge in [0, 0.05) is 43.7 Å². The summed E-state index contributed by atoms with van der Waals surface area (Å²) in [6.45, 7) is -0.300. The number of nitrogens with zero attached hydrogens (tertiary/aromatic N) is 4. The van der Waals surface area contributed by atoms with Gasteiger partial charge in [0.2, 0.25) is 5.78 Å². The highest BCUT2D eigenvalue weighted by molar-refractivity contribution is 6.01. The number of carbonyl (C=O) groups excluding carboxylic acids is 3. The van der Waals surface area contributed by atoms with Gasteiger partial charge in [-0.15, -0.1) is 0 Å². The molecule has 0 radical (unpaired) electrons. The number of Topliss-reactive ketones (excluding diaryl/α,β-unsaturated/α-hetero) is 1. The molecule has 0 bridgehead atoms. The Bertz CT molecular complexity index is 1520. The van der Waals surface area contributed by atoms with Gasteiger partial charge in [-0.2, -0.15) is 9.78 Å². The minimum Gasteiger partial charge on any atom is -0.489 e. The standard InChI is InChI=1S/C28H24FN5O5/c1-33-24-12-22(38-17-25(35)20-5-3-9-30-14-20)7-8-26(24)39-16-23(27(33)36)32-28(37)34-15-19(13-31-34)10-18-4-2-6-21(29)11-18/h2-9,11-15,23H,10,16-17H2,1H3,(H,32,37)/t23-/m0/s1. The lowest BCUT2D eigenvalue weighted by Gasteiger charge is -2.20. The van der Waals surface area contributed by atoms with Gasteiger partial charge in [0.05, 0.1) is 11.9 Å². The van der Waals surface area contributed by atoms with Crippen molar-refractivity contribution < 1.29 is 28.2 Å². The summed E-state index contributed by atoms with van der Waals surface area (Å²) in [4.78, 5) is 43.6. The number of hydrogen-bond acceptors (Lipinski definition) is 7. The van der Waals surface area contributed by atoms with E-state index in [2.05, 4.69) is 15.4 Å². The highest BCUT2D eigenvalue weighted by Crippen LogP contribution is 2.34. The lowest BCUT2D eigenvalue weighted by molar-refractivity contribution is -0.120. The van der Waals surface area contributed by atoms with Gasteiger partial charge in [0.1, 0.15) is 30.0 Å². The van der Waals surface area contributed by atoms with Crippen molar-refractivity contribution in [2.75, 3.05) is 25.2 Å². The summed E-state index contributed by atoms with van der Waals surface area (Å²) < 4.78 is 26.0. The van der Waals surface area contributed by atoms with Crippen molar-refractivity contribution >= 4 is 23.4 Å². The van der Waals surface area contributed by atoms with E-state index in [9.17, 15) is 18.8 Å². The summed E-state index contributed by atoms with van der Waals surface area (Å²) in [6.07, 6.45) is 6.47. The number of fused-ring (bicyclic) bond motifs is 1. The van der Waals surface area contributed by atoms with Gasteiger partial charge in [-0.3, -0.25) is 14.6 Å². The molecular weight excluding hydrogens is 505 g/mol. The highest BCUT2D eigenvalue weighted by atomic mass is 19.1. The minimum atomic E-state index is -0.984. The lowest BCUT2D eigenvalue weighted by Crippen LogP contribution is -2.50. The number of pyridine rings is 1. The third-order valence-electron chi connectivity index (χ3n) is 6.12. The molecule has 3 heterocycles. The smallest absolute Gasteiger partial charge is 0.342 e. The van der Waals surface area contributed by atoms with Crippen LogP contribution in [0.2, 0.25) is 0 Å². The second-order valence-electron chi connectivity index (χ2n) is 8.89. The molecule has 11 heteroatoms. The molecule has 0 fully saturated rings. The van der Waals surface area contributed by atoms with Gasteiger partial charge in [-0.05, 0) is 47.5 Å². The molecule has 0 unspecified atom stereocenters. The Balaban J connectivity index is 1.22. The monoisotopic (exact) mass is 529 g/mol. The van der Waals surface area contributed by atoms with Crippen LogP contribution < -0.4 is 19.7 Å². The topological polar surface area (TPSA) is 116 Å². The van der Waals surface area contributed by atoms with Crippen LogP contribution in [0, 0.1) is 5.82 Å². The fourth-order valence-electron chi connectivity index (χ4n) is 4.09. The maximum Gasteiger partial charge on any atom is 0.342 e. The number of hydrogen-bond donors (Lipinski definition) is 1. The number of anilines is 1. The van der Waals surface area contributed by atoms with E-state index in [1.165, 1.54) is 35.6 Å². The summed E-state index contributed by atoms with van der Waals surface area (Å²) in [6, 6.07) is 12.8. The van der Waals surface area contributed by atoms with E-state index >= 15 is 0 Å². The maximum absolute atomic E-state index is 13.5. The molecule has 0 aliphatic carbocycles. The predicted molar refractivity (Wildman–Crippen MR) is 139 cm³/mol. The van der Waals surface area contributed by atoms with Gasteiger partial charge < -0.3 is 19.7 Å². The number of ether oxygens (including phenoxy) is 2. The molecule has 2 amide bonds. The van der Waals surface area contributed by atoms with Crippen molar-refractivity contribution in [2.45, 2.75) is 12.5 Å². The van der Waals surface area contributed by atoms with Gasteiger partial charge in [-0.25, -0.2) is 9.18 Å². The van der Waals surface area contributed by atoms with Crippen LogP contribution in [0.3, 0.4) is 0 Å². The average molecular weight is 530 g/mol. The number of aromatic nitrogens is 3. The molecule has 0 saturated carbocycles. The number of nitrogens with one attached hydrogen (secondary N) is 1. The van der Waals surface area contributed by atoms with Gasteiger partial charge in [0.25, 0.3) is 5.91 Å². The van der Waals surface area contributed by atoms with Gasteiger partial charge in [-0.1, -0.05) is 12.1 Å². The molecule has 5 rings (SSSR count). The second-order valence-corrected chi connectivity index (χ2v) is 8.89. The first kappa shape index (κ1) is 25.6. The first-order valence-corrected chi connectivity index (χ1v) is 12.1. The minimum absolute atomic E-state index is 0.0982. The van der Waals surface area contributed by atoms with E-state index in [1.54, 1.807) is 55.7 Å². The lowest BCUT2D eigenvalue weighted by atomic mass is 10.1. The number of ketones is 1. The van der Waals surface area contributed by atoms with Crippen LogP contribution in [0.5, 0.6) is 11.5 Å². The highest BCUT2D eigenvalue weighted by Gasteiger charge is 2.31. The number of halogens is 1. The van der Waals surface area contributed by atoms with Crippen molar-refractivity contribution in [3.05, 3.63) is 102 Å². The van der Waals surface area contributed by atoms with Crippen molar-refractivity contribution in [1.29, 1.82) is 0 Å². The Morgan fingerprint density at radius 1 is 1.13 bits per heavy atom. The Morgan fingerprint density at radius 3 is 2.79 bits per heavy atom. The van der Waals surface area contributed by atoms with Crippen LogP contribution >= 0.6 is 0 Å². The second kappa shape index (κ2) is 11.1. The molecule has 0 spiro atoms. The van der Waals surface area contributed by atoms with E-state index in [4.69, 9.17) is 9.47 Å².